The van der Waals surface area contributed by atoms with Gasteiger partial charge in [-0.25, -0.2) is 8.42 Å². The second-order valence-electron chi connectivity index (χ2n) is 0.438. The molecule has 0 unspecified atom stereocenters. The van der Waals surface area contributed by atoms with E-state index in [0.29, 0.717) is 0 Å². The molecule has 0 aliphatic rings. The van der Waals surface area contributed by atoms with Crippen LogP contribution in [0.15, 0.2) is 0 Å². The van der Waals surface area contributed by atoms with Crippen molar-refractivity contribution in [3.05, 3.63) is 5.14 Å². The molecule has 0 atom stereocenters. The van der Waals surface area contributed by atoms with E-state index in [1.165, 1.54) is 0 Å². The van der Waals surface area contributed by atoms with Gasteiger partial charge in [-0.2, -0.15) is 0 Å². The van der Waals surface area contributed by atoms with Gasteiger partial charge in [0.25, 0.3) is 0 Å². The Labute approximate surface area is 89.6 Å². The minimum atomic E-state index is -3.94. The summed E-state index contributed by atoms with van der Waals surface area (Å²) in [5.74, 6) is 0. The van der Waals surface area contributed by atoms with E-state index < -0.39 is 9.24 Å². The van der Waals surface area contributed by atoms with Crippen molar-refractivity contribution in [3.8, 4) is 0 Å². The fourth-order valence-corrected chi connectivity index (χ4v) is 0. The van der Waals surface area contributed by atoms with Crippen LogP contribution < -0.4 is 58.2 Å². The molecule has 0 rings (SSSR count). The molecule has 0 aliphatic carbocycles. The quantitative estimate of drug-likeness (QED) is 0.407. The molecule has 0 aromatic heterocycles. The molecule has 1 N–H and O–H groups in total. The Balaban J connectivity index is 0. The smallest absolute Gasteiger partial charge is 0.550 e. The van der Waals surface area contributed by atoms with Crippen LogP contribution in [0.5, 0.6) is 0 Å². The van der Waals surface area contributed by atoms with Gasteiger partial charge in [-0.05, 0) is 10.7 Å². The molecule has 0 heterocycles. The third-order valence-corrected chi connectivity index (χ3v) is 0. The Morgan fingerprint density at radius 2 is 1.50 bits per heavy atom. The van der Waals surface area contributed by atoms with Gasteiger partial charge in [0, 0.05) is 0 Å². The molecule has 0 bridgehead atoms. The van der Waals surface area contributed by atoms with E-state index in [1.807, 2.05) is 0 Å². The number of hydrogen-bond donors (Lipinski definition) is 0. The maximum Gasteiger partial charge on any atom is 1.00 e. The number of hydrogen-bond acceptors (Lipinski definition) is 2. The monoisotopic (exact) mass is 199 g/mol. The van der Waals surface area contributed by atoms with Crippen LogP contribution in [0.4, 0.5) is 0 Å². The first-order chi connectivity index (χ1) is 2.00. The maximum atomic E-state index is 9.06. The standard InChI is InChI=1S/ClHNO2S.Rb/c1-5(2,3)4;/h(H-,2,3,4);/q-1;+1. The van der Waals surface area contributed by atoms with Gasteiger partial charge in [0.2, 0.25) is 0 Å². The molecule has 0 amide bonds. The molecule has 0 aromatic rings. The maximum absolute atomic E-state index is 9.06. The number of nitrogens with one attached hydrogen (secondary N) is 1. The molecule has 0 spiro atoms. The number of rotatable bonds is 0. The molecule has 32 valence electrons. The number of halogens is 1. The van der Waals surface area contributed by atoms with E-state index in [1.54, 1.807) is 0 Å². The van der Waals surface area contributed by atoms with Gasteiger partial charge < -0.3 is 5.14 Å². The van der Waals surface area contributed by atoms with Gasteiger partial charge in [-0.15, -0.1) is 0 Å². The van der Waals surface area contributed by atoms with Gasteiger partial charge in [0.15, 0.2) is 9.24 Å². The summed E-state index contributed by atoms with van der Waals surface area (Å²) in [6, 6.07) is 0. The molecular weight excluding hydrogens is 199 g/mol. The Kier molecular flexibility index (Phi) is 7.16. The van der Waals surface area contributed by atoms with Crippen molar-refractivity contribution in [1.29, 1.82) is 0 Å². The fraction of sp³-hybridized carbons (Fsp3) is 0. The van der Waals surface area contributed by atoms with Gasteiger partial charge in [-0.3, -0.25) is 0 Å². The minimum Gasteiger partial charge on any atom is -0.550 e. The van der Waals surface area contributed by atoms with Crippen molar-refractivity contribution in [2.24, 2.45) is 0 Å². The first-order valence-electron chi connectivity index (χ1n) is 0.692. The van der Waals surface area contributed by atoms with E-state index in [2.05, 4.69) is 10.7 Å². The van der Waals surface area contributed by atoms with Crippen molar-refractivity contribution < 1.29 is 66.6 Å². The summed E-state index contributed by atoms with van der Waals surface area (Å²) in [7, 11) is 0.225. The van der Waals surface area contributed by atoms with Crippen LogP contribution in [0.3, 0.4) is 0 Å². The fourth-order valence-electron chi connectivity index (χ4n) is 0. The topological polar surface area (TPSA) is 57.9 Å². The molecule has 6 heteroatoms. The van der Waals surface area contributed by atoms with Crippen molar-refractivity contribution in [3.63, 3.8) is 0 Å². The molecule has 0 radical (unpaired) electrons. The van der Waals surface area contributed by atoms with E-state index in [4.69, 9.17) is 13.6 Å². The van der Waals surface area contributed by atoms with Gasteiger partial charge >= 0.3 is 58.2 Å². The molecule has 0 fully saturated rings. The van der Waals surface area contributed by atoms with E-state index >= 15 is 0 Å². The largest absolute Gasteiger partial charge is 1.00 e. The Morgan fingerprint density at radius 1 is 1.50 bits per heavy atom. The molecule has 6 heavy (non-hydrogen) atoms. The molecule has 3 nitrogen and oxygen atoms in total. The summed E-state index contributed by atoms with van der Waals surface area (Å²) in [6.07, 6.45) is 0. The van der Waals surface area contributed by atoms with Crippen LogP contribution in [0.1, 0.15) is 0 Å². The van der Waals surface area contributed by atoms with Gasteiger partial charge in [0.05, 0.1) is 0 Å². The Bertz CT molecular complexity index is 96.7. The van der Waals surface area contributed by atoms with Gasteiger partial charge in [0.1, 0.15) is 0 Å². The summed E-state index contributed by atoms with van der Waals surface area (Å²) < 4.78 is 18.1. The summed E-state index contributed by atoms with van der Waals surface area (Å²) in [4.78, 5) is 0. The molecular formula is HClNO2RbS. The normalized spacial score (nSPS) is 9.67. The third-order valence-electron chi connectivity index (χ3n) is 0. The second kappa shape index (κ2) is 3.94. The van der Waals surface area contributed by atoms with Crippen molar-refractivity contribution in [1.82, 2.24) is 0 Å². The average molecular weight is 200 g/mol. The summed E-state index contributed by atoms with van der Waals surface area (Å²) >= 11 is 0. The van der Waals surface area contributed by atoms with Crippen LogP contribution in [0, 0.1) is 0 Å². The van der Waals surface area contributed by atoms with Gasteiger partial charge in [-0.1, -0.05) is 0 Å². The van der Waals surface area contributed by atoms with Crippen LogP contribution in [-0.2, 0) is 9.24 Å². The van der Waals surface area contributed by atoms with Crippen LogP contribution in [0.2, 0.25) is 0 Å². The zero-order chi connectivity index (χ0) is 4.50. The summed E-state index contributed by atoms with van der Waals surface area (Å²) in [5.41, 5.74) is 0. The second-order valence-corrected chi connectivity index (χ2v) is 2.53. The van der Waals surface area contributed by atoms with E-state index in [0.717, 1.165) is 0 Å². The molecule has 0 saturated heterocycles. The zero-order valence-corrected chi connectivity index (χ0v) is 9.59. The molecule has 0 aromatic carbocycles. The first-order valence-corrected chi connectivity index (χ1v) is 3.00. The third kappa shape index (κ3) is 37.4. The summed E-state index contributed by atoms with van der Waals surface area (Å²) in [5, 5.41) is 5.68. The Hall–Kier alpha value is 2.01. The van der Waals surface area contributed by atoms with Crippen molar-refractivity contribution >= 4 is 19.9 Å². The summed E-state index contributed by atoms with van der Waals surface area (Å²) in [6.45, 7) is 0. The van der Waals surface area contributed by atoms with Crippen LogP contribution in [-0.4, -0.2) is 8.42 Å². The Morgan fingerprint density at radius 3 is 1.50 bits per heavy atom. The zero-order valence-electron chi connectivity index (χ0n) is 3.10. The van der Waals surface area contributed by atoms with Crippen LogP contribution in [0.25, 0.3) is 5.14 Å². The van der Waals surface area contributed by atoms with E-state index in [9.17, 15) is 0 Å². The minimum absolute atomic E-state index is 0. The van der Waals surface area contributed by atoms with Crippen molar-refractivity contribution in [2.45, 2.75) is 0 Å². The van der Waals surface area contributed by atoms with Crippen LogP contribution >= 0.6 is 10.7 Å². The van der Waals surface area contributed by atoms with E-state index in [-0.39, 0.29) is 58.2 Å². The predicted octanol–water partition coefficient (Wildman–Crippen LogP) is -2.47. The SMILES string of the molecule is [NH-]S(=O)(=O)Cl.[Rb+]. The average Bonchev–Trinajstić information content (AvgIpc) is 0.722. The first kappa shape index (κ1) is 10.9. The molecule has 0 saturated carbocycles. The van der Waals surface area contributed by atoms with Crippen molar-refractivity contribution in [2.75, 3.05) is 0 Å². The molecule has 0 aliphatic heterocycles. The predicted molar refractivity (Wildman–Crippen MR) is 19.1 cm³/mol.